The lowest BCUT2D eigenvalue weighted by Gasteiger charge is -2.22. The first kappa shape index (κ1) is 22.7. The highest BCUT2D eigenvalue weighted by Gasteiger charge is 2.21. The van der Waals surface area contributed by atoms with Crippen molar-refractivity contribution in [2.45, 2.75) is 45.4 Å². The second-order valence-electron chi connectivity index (χ2n) is 8.43. The first-order valence-electron chi connectivity index (χ1n) is 11.7. The van der Waals surface area contributed by atoms with Gasteiger partial charge in [0, 0.05) is 13.0 Å². The molecule has 3 aromatic rings. The van der Waals surface area contributed by atoms with Crippen LogP contribution in [0.1, 0.15) is 44.6 Å². The van der Waals surface area contributed by atoms with E-state index >= 15 is 0 Å². The van der Waals surface area contributed by atoms with E-state index in [1.807, 2.05) is 37.3 Å². The van der Waals surface area contributed by atoms with Crippen LogP contribution in [-0.2, 0) is 16.0 Å². The first-order chi connectivity index (χ1) is 15.7. The van der Waals surface area contributed by atoms with E-state index < -0.39 is 0 Å². The number of rotatable bonds is 13. The maximum atomic E-state index is 11.6. The molecule has 5 nitrogen and oxygen atoms in total. The quantitative estimate of drug-likeness (QED) is 0.294. The predicted octanol–water partition coefficient (Wildman–Crippen LogP) is 6.08. The van der Waals surface area contributed by atoms with Gasteiger partial charge in [-0.2, -0.15) is 0 Å². The number of ether oxygens (including phenoxy) is 2. The third kappa shape index (κ3) is 7.04. The maximum Gasteiger partial charge on any atom is 0.305 e. The molecule has 1 aliphatic rings. The normalized spacial score (nSPS) is 13.6. The number of benzene rings is 2. The van der Waals surface area contributed by atoms with Crippen LogP contribution in [0, 0.1) is 5.92 Å². The van der Waals surface area contributed by atoms with Gasteiger partial charge in [-0.15, -0.1) is 0 Å². The molecule has 32 heavy (non-hydrogen) atoms. The molecule has 1 saturated carbocycles. The molecule has 1 fully saturated rings. The number of carbonyl (C=O) groups excluding carboxylic acids is 1. The molecule has 0 atom stereocenters. The Morgan fingerprint density at radius 1 is 1.09 bits per heavy atom. The van der Waals surface area contributed by atoms with Crippen molar-refractivity contribution in [2.75, 3.05) is 26.2 Å². The van der Waals surface area contributed by atoms with Crippen molar-refractivity contribution in [1.82, 2.24) is 9.88 Å². The highest BCUT2D eigenvalue weighted by Crippen LogP contribution is 2.33. The topological polar surface area (TPSA) is 51.7 Å². The molecule has 6 heteroatoms. The van der Waals surface area contributed by atoms with E-state index in [0.717, 1.165) is 54.4 Å². The SMILES string of the molecule is CCOC(=O)CCCN(CCc1ccc(Oc2nc3ccccc3s2)cc1)CCC1CC1. The second-order valence-corrected chi connectivity index (χ2v) is 9.42. The molecule has 2 aromatic carbocycles. The fraction of sp³-hybridized carbons (Fsp3) is 0.462. The van der Waals surface area contributed by atoms with Crippen molar-refractivity contribution in [2.24, 2.45) is 5.92 Å². The summed E-state index contributed by atoms with van der Waals surface area (Å²) >= 11 is 1.56. The van der Waals surface area contributed by atoms with Crippen LogP contribution >= 0.6 is 11.3 Å². The monoisotopic (exact) mass is 452 g/mol. The van der Waals surface area contributed by atoms with Crippen molar-refractivity contribution in [3.63, 3.8) is 0 Å². The van der Waals surface area contributed by atoms with E-state index in [0.29, 0.717) is 18.2 Å². The zero-order valence-corrected chi connectivity index (χ0v) is 19.6. The Morgan fingerprint density at radius 3 is 2.66 bits per heavy atom. The molecule has 1 aromatic heterocycles. The summed E-state index contributed by atoms with van der Waals surface area (Å²) in [5, 5.41) is 0.673. The summed E-state index contributed by atoms with van der Waals surface area (Å²) in [5.41, 5.74) is 2.27. The Morgan fingerprint density at radius 2 is 1.91 bits per heavy atom. The number of hydrogen-bond donors (Lipinski definition) is 0. The number of fused-ring (bicyclic) bond motifs is 1. The molecule has 0 bridgehead atoms. The van der Waals surface area contributed by atoms with Gasteiger partial charge in [-0.3, -0.25) is 4.79 Å². The van der Waals surface area contributed by atoms with Crippen LogP contribution < -0.4 is 4.74 Å². The van der Waals surface area contributed by atoms with Crippen LogP contribution in [-0.4, -0.2) is 42.1 Å². The lowest BCUT2D eigenvalue weighted by Crippen LogP contribution is -2.29. The van der Waals surface area contributed by atoms with Crippen LogP contribution in [0.2, 0.25) is 0 Å². The van der Waals surface area contributed by atoms with E-state index in [9.17, 15) is 4.79 Å². The minimum atomic E-state index is -0.0849. The van der Waals surface area contributed by atoms with Crippen LogP contribution in [0.25, 0.3) is 10.2 Å². The van der Waals surface area contributed by atoms with Crippen LogP contribution in [0.4, 0.5) is 0 Å². The molecule has 4 rings (SSSR count). The number of aromatic nitrogens is 1. The average molecular weight is 453 g/mol. The molecule has 1 aliphatic carbocycles. The van der Waals surface area contributed by atoms with Gasteiger partial charge in [-0.25, -0.2) is 4.98 Å². The highest BCUT2D eigenvalue weighted by atomic mass is 32.1. The summed E-state index contributed by atoms with van der Waals surface area (Å²) in [7, 11) is 0. The summed E-state index contributed by atoms with van der Waals surface area (Å²) in [6.45, 7) is 5.39. The van der Waals surface area contributed by atoms with Gasteiger partial charge in [0.05, 0.1) is 16.8 Å². The van der Waals surface area contributed by atoms with Crippen molar-refractivity contribution in [1.29, 1.82) is 0 Å². The van der Waals surface area contributed by atoms with E-state index in [1.165, 1.54) is 24.8 Å². The Kier molecular flexibility index (Phi) is 8.13. The van der Waals surface area contributed by atoms with Gasteiger partial charge < -0.3 is 14.4 Å². The Balaban J connectivity index is 1.26. The van der Waals surface area contributed by atoms with Gasteiger partial charge in [0.15, 0.2) is 0 Å². The number of thiazole rings is 1. The zero-order chi connectivity index (χ0) is 22.2. The molecule has 0 saturated heterocycles. The first-order valence-corrected chi connectivity index (χ1v) is 12.5. The van der Waals surface area contributed by atoms with Crippen molar-refractivity contribution in [3.8, 4) is 10.9 Å². The highest BCUT2D eigenvalue weighted by molar-refractivity contribution is 7.20. The summed E-state index contributed by atoms with van der Waals surface area (Å²) in [6.07, 6.45) is 6.39. The van der Waals surface area contributed by atoms with Crippen LogP contribution in [0.15, 0.2) is 48.5 Å². The number of para-hydroxylation sites is 1. The van der Waals surface area contributed by atoms with Gasteiger partial charge in [0.25, 0.3) is 5.19 Å². The largest absolute Gasteiger partial charge is 0.466 e. The molecule has 0 unspecified atom stereocenters. The van der Waals surface area contributed by atoms with Crippen molar-refractivity contribution in [3.05, 3.63) is 54.1 Å². The molecule has 0 amide bonds. The fourth-order valence-corrected chi connectivity index (χ4v) is 4.63. The summed E-state index contributed by atoms with van der Waals surface area (Å²) in [6, 6.07) is 16.4. The van der Waals surface area contributed by atoms with Gasteiger partial charge in [0.1, 0.15) is 5.75 Å². The second kappa shape index (κ2) is 11.4. The number of hydrogen-bond acceptors (Lipinski definition) is 6. The van der Waals surface area contributed by atoms with Gasteiger partial charge in [-0.1, -0.05) is 48.4 Å². The van der Waals surface area contributed by atoms with Crippen molar-refractivity contribution < 1.29 is 14.3 Å². The molecule has 170 valence electrons. The van der Waals surface area contributed by atoms with E-state index in [2.05, 4.69) is 28.1 Å². The minimum Gasteiger partial charge on any atom is -0.466 e. The third-order valence-electron chi connectivity index (χ3n) is 5.83. The van der Waals surface area contributed by atoms with Gasteiger partial charge in [0.2, 0.25) is 0 Å². The maximum absolute atomic E-state index is 11.6. The van der Waals surface area contributed by atoms with E-state index in [-0.39, 0.29) is 5.97 Å². The summed E-state index contributed by atoms with van der Waals surface area (Å²) in [5.74, 6) is 1.65. The summed E-state index contributed by atoms with van der Waals surface area (Å²) in [4.78, 5) is 18.7. The lowest BCUT2D eigenvalue weighted by molar-refractivity contribution is -0.143. The molecular formula is C26H32N2O3S. The molecule has 0 radical (unpaired) electrons. The summed E-state index contributed by atoms with van der Waals surface area (Å²) < 4.78 is 12.2. The van der Waals surface area contributed by atoms with E-state index in [4.69, 9.17) is 9.47 Å². The molecule has 0 N–H and O–H groups in total. The predicted molar refractivity (Wildman–Crippen MR) is 129 cm³/mol. The Hall–Kier alpha value is -2.44. The molecular weight excluding hydrogens is 420 g/mol. The average Bonchev–Trinajstić information content (AvgIpc) is 3.54. The minimum absolute atomic E-state index is 0.0849. The Labute approximate surface area is 194 Å². The standard InChI is InChI=1S/C26H32N2O3S/c1-2-30-25(29)8-5-17-28(18-15-20-9-10-20)19-16-21-11-13-22(14-12-21)31-26-27-23-6-3-4-7-24(23)32-26/h3-4,6-7,11-14,20H,2,5,8-10,15-19H2,1H3. The van der Waals surface area contributed by atoms with E-state index in [1.54, 1.807) is 11.3 Å². The van der Waals surface area contributed by atoms with Crippen molar-refractivity contribution >= 4 is 27.5 Å². The number of nitrogens with zero attached hydrogens (tertiary/aromatic N) is 2. The fourth-order valence-electron chi connectivity index (χ4n) is 3.79. The smallest absolute Gasteiger partial charge is 0.305 e. The van der Waals surface area contributed by atoms with Gasteiger partial charge in [-0.05, 0) is 75.0 Å². The molecule has 1 heterocycles. The van der Waals surface area contributed by atoms with Gasteiger partial charge >= 0.3 is 5.97 Å². The number of carbonyl (C=O) groups is 1. The Bertz CT molecular complexity index is 965. The third-order valence-corrected chi connectivity index (χ3v) is 6.74. The molecule has 0 aliphatic heterocycles. The van der Waals surface area contributed by atoms with Crippen LogP contribution in [0.3, 0.4) is 0 Å². The lowest BCUT2D eigenvalue weighted by atomic mass is 10.1. The van der Waals surface area contributed by atoms with Crippen LogP contribution in [0.5, 0.6) is 10.9 Å². The number of esters is 1. The molecule has 0 spiro atoms. The zero-order valence-electron chi connectivity index (χ0n) is 18.8.